The van der Waals surface area contributed by atoms with Gasteiger partial charge in [-0.2, -0.15) is 0 Å². The number of nitrogens with zero attached hydrogens (tertiary/aromatic N) is 3. The van der Waals surface area contributed by atoms with E-state index in [1.54, 1.807) is 6.08 Å². The highest BCUT2D eigenvalue weighted by molar-refractivity contribution is 6.17. The molecule has 1 aliphatic carbocycles. The van der Waals surface area contributed by atoms with Crippen LogP contribution in [0.3, 0.4) is 0 Å². The Labute approximate surface area is 317 Å². The van der Waals surface area contributed by atoms with Gasteiger partial charge in [0.2, 0.25) is 0 Å². The molecule has 0 saturated heterocycles. The third kappa shape index (κ3) is 5.15. The normalized spacial score (nSPS) is 16.7. The Morgan fingerprint density at radius 3 is 1.84 bits per heavy atom. The molecule has 0 saturated carbocycles. The Hall–Kier alpha value is -6.98. The number of halogens is 1. The number of alkyl halides is 1. The monoisotopic (exact) mass is 710 g/mol. The molecule has 4 nitrogen and oxygen atoms in total. The van der Waals surface area contributed by atoms with Crippen LogP contribution in [0.4, 0.5) is 10.1 Å². The van der Waals surface area contributed by atoms with E-state index in [0.717, 1.165) is 67.2 Å². The van der Waals surface area contributed by atoms with Crippen molar-refractivity contribution in [1.82, 2.24) is 9.13 Å². The first-order chi connectivity index (χ1) is 27.2. The van der Waals surface area contributed by atoms with E-state index in [1.165, 1.54) is 27.1 Å². The lowest BCUT2D eigenvalue weighted by molar-refractivity contribution is 0.402. The largest absolute Gasteiger partial charge is 0.360 e. The van der Waals surface area contributed by atoms with Gasteiger partial charge in [0.1, 0.15) is 12.3 Å². The molecule has 2 aromatic heterocycles. The van der Waals surface area contributed by atoms with Crippen molar-refractivity contribution in [1.29, 1.82) is 0 Å². The van der Waals surface area contributed by atoms with Crippen molar-refractivity contribution >= 4 is 60.7 Å². The second kappa shape index (κ2) is 12.6. The number of benzene rings is 7. The van der Waals surface area contributed by atoms with E-state index < -0.39 is 6.17 Å². The maximum absolute atomic E-state index is 14.0. The summed E-state index contributed by atoms with van der Waals surface area (Å²) < 4.78 is 18.6. The number of hydrogen-bond donors (Lipinski definition) is 1. The number of nitrogens with one attached hydrogen (secondary N) is 1. The SMILES string of the molecule is FC1C=CC(n2c3ccccc3c3cc(-c4ccc5c(c4)c4ccccc4n5-c4ccc(C5N=C(c6ccccc6)c6ccccc6N5)cc4)ccc32)=CC1. The molecule has 3 heterocycles. The second-order valence-electron chi connectivity index (χ2n) is 14.4. The molecule has 0 spiro atoms. The van der Waals surface area contributed by atoms with Crippen molar-refractivity contribution in [3.8, 4) is 16.8 Å². The zero-order valence-electron chi connectivity index (χ0n) is 29.9. The highest BCUT2D eigenvalue weighted by atomic mass is 19.1. The Balaban J connectivity index is 0.985. The van der Waals surface area contributed by atoms with Gasteiger partial charge in [0, 0.05) is 56.2 Å². The van der Waals surface area contributed by atoms with Crippen molar-refractivity contribution in [2.75, 3.05) is 5.32 Å². The summed E-state index contributed by atoms with van der Waals surface area (Å²) in [5.41, 5.74) is 14.4. The molecule has 1 aliphatic heterocycles. The predicted octanol–water partition coefficient (Wildman–Crippen LogP) is 12.7. The van der Waals surface area contributed by atoms with Gasteiger partial charge >= 0.3 is 0 Å². The molecule has 0 fully saturated rings. The van der Waals surface area contributed by atoms with Gasteiger partial charge in [-0.25, -0.2) is 4.39 Å². The van der Waals surface area contributed by atoms with Crippen molar-refractivity contribution < 1.29 is 4.39 Å². The van der Waals surface area contributed by atoms with Gasteiger partial charge in [0.05, 0.1) is 27.8 Å². The molecule has 55 heavy (non-hydrogen) atoms. The number of rotatable bonds is 5. The molecule has 5 heteroatoms. The van der Waals surface area contributed by atoms with Gasteiger partial charge in [0.25, 0.3) is 0 Å². The summed E-state index contributed by atoms with van der Waals surface area (Å²) in [6, 6.07) is 58.4. The van der Waals surface area contributed by atoms with Crippen molar-refractivity contribution in [3.63, 3.8) is 0 Å². The van der Waals surface area contributed by atoms with E-state index in [9.17, 15) is 4.39 Å². The first kappa shape index (κ1) is 31.5. The van der Waals surface area contributed by atoms with Crippen LogP contribution in [-0.4, -0.2) is 21.0 Å². The minimum atomic E-state index is -0.926. The highest BCUT2D eigenvalue weighted by Crippen LogP contribution is 2.39. The zero-order valence-corrected chi connectivity index (χ0v) is 29.9. The summed E-state index contributed by atoms with van der Waals surface area (Å²) in [6.07, 6.45) is 4.84. The predicted molar refractivity (Wildman–Crippen MR) is 227 cm³/mol. The second-order valence-corrected chi connectivity index (χ2v) is 14.4. The summed E-state index contributed by atoms with van der Waals surface area (Å²) in [6.45, 7) is 0. The van der Waals surface area contributed by atoms with Crippen LogP contribution in [0.25, 0.3) is 66.1 Å². The molecule has 262 valence electrons. The number of hydrogen-bond acceptors (Lipinski definition) is 2. The number of aromatic nitrogens is 2. The Bertz CT molecular complexity index is 3050. The van der Waals surface area contributed by atoms with Crippen molar-refractivity contribution in [3.05, 3.63) is 199 Å². The Morgan fingerprint density at radius 2 is 1.15 bits per heavy atom. The standard InChI is InChI=1S/C50H35FN4/c51-36-22-26-38(27-23-36)55-46-17-9-6-13-40(46)43-31-35(21-29-48(43)55)34-20-28-47-42(30-34)39-12-5-8-16-45(39)54(47)37-24-18-33(19-25-37)50-52-44-15-7-4-14-41(44)49(53-50)32-10-2-1-3-11-32/h1-22,24-31,36,50,52H,23H2. The van der Waals surface area contributed by atoms with Crippen LogP contribution in [0.2, 0.25) is 0 Å². The van der Waals surface area contributed by atoms with Crippen LogP contribution in [0, 0.1) is 0 Å². The smallest absolute Gasteiger partial charge is 0.145 e. The molecule has 2 unspecified atom stereocenters. The lowest BCUT2D eigenvalue weighted by Crippen LogP contribution is -2.20. The van der Waals surface area contributed by atoms with E-state index in [4.69, 9.17) is 4.99 Å². The molecule has 2 aliphatic rings. The number of para-hydroxylation sites is 3. The van der Waals surface area contributed by atoms with Crippen LogP contribution in [-0.2, 0) is 0 Å². The number of anilines is 1. The summed E-state index contributed by atoms with van der Waals surface area (Å²) in [7, 11) is 0. The molecule has 2 atom stereocenters. The molecule has 1 N–H and O–H groups in total. The van der Waals surface area contributed by atoms with E-state index in [2.05, 4.69) is 172 Å². The molecular formula is C50H35FN4. The highest BCUT2D eigenvalue weighted by Gasteiger charge is 2.23. The third-order valence-electron chi connectivity index (χ3n) is 11.2. The minimum Gasteiger partial charge on any atom is -0.360 e. The van der Waals surface area contributed by atoms with Crippen LogP contribution < -0.4 is 5.32 Å². The number of fused-ring (bicyclic) bond motifs is 7. The van der Waals surface area contributed by atoms with Gasteiger partial charge in [-0.1, -0.05) is 115 Å². The number of allylic oxidation sites excluding steroid dienone is 4. The van der Waals surface area contributed by atoms with Crippen LogP contribution in [0.5, 0.6) is 0 Å². The van der Waals surface area contributed by atoms with E-state index >= 15 is 0 Å². The Kier molecular flexibility index (Phi) is 7.21. The maximum atomic E-state index is 14.0. The maximum Gasteiger partial charge on any atom is 0.145 e. The average Bonchev–Trinajstić information content (AvgIpc) is 3.76. The van der Waals surface area contributed by atoms with E-state index in [0.29, 0.717) is 6.42 Å². The van der Waals surface area contributed by atoms with Crippen molar-refractivity contribution in [2.24, 2.45) is 4.99 Å². The van der Waals surface area contributed by atoms with Crippen LogP contribution >= 0.6 is 0 Å². The van der Waals surface area contributed by atoms with Gasteiger partial charge in [-0.15, -0.1) is 0 Å². The lowest BCUT2D eigenvalue weighted by atomic mass is 9.97. The Morgan fingerprint density at radius 1 is 0.545 bits per heavy atom. The molecule has 11 rings (SSSR count). The quantitative estimate of drug-likeness (QED) is 0.190. The first-order valence-corrected chi connectivity index (χ1v) is 18.9. The van der Waals surface area contributed by atoms with E-state index in [-0.39, 0.29) is 6.17 Å². The minimum absolute atomic E-state index is 0.204. The van der Waals surface area contributed by atoms with Crippen LogP contribution in [0.15, 0.2) is 187 Å². The lowest BCUT2D eigenvalue weighted by Gasteiger charge is -2.26. The van der Waals surface area contributed by atoms with Gasteiger partial charge < -0.3 is 14.5 Å². The fourth-order valence-corrected chi connectivity index (χ4v) is 8.59. The van der Waals surface area contributed by atoms with Gasteiger partial charge in [-0.3, -0.25) is 4.99 Å². The van der Waals surface area contributed by atoms with Gasteiger partial charge in [0.15, 0.2) is 0 Å². The third-order valence-corrected chi connectivity index (χ3v) is 11.2. The molecule has 0 bridgehead atoms. The average molecular weight is 711 g/mol. The number of aliphatic imine (C=N–C) groups is 1. The molecule has 7 aromatic carbocycles. The topological polar surface area (TPSA) is 34.2 Å². The molecule has 0 amide bonds. The van der Waals surface area contributed by atoms with Crippen LogP contribution in [0.1, 0.15) is 29.3 Å². The first-order valence-electron chi connectivity index (χ1n) is 18.9. The summed E-state index contributed by atoms with van der Waals surface area (Å²) >= 11 is 0. The summed E-state index contributed by atoms with van der Waals surface area (Å²) in [5, 5.41) is 8.47. The van der Waals surface area contributed by atoms with Gasteiger partial charge in [-0.05, 0) is 83.4 Å². The fraction of sp³-hybridized carbons (Fsp3) is 0.0600. The van der Waals surface area contributed by atoms with E-state index in [1.807, 2.05) is 18.2 Å². The fourth-order valence-electron chi connectivity index (χ4n) is 8.59. The zero-order chi connectivity index (χ0) is 36.5. The summed E-state index contributed by atoms with van der Waals surface area (Å²) in [5.74, 6) is 0. The molecular weight excluding hydrogens is 676 g/mol. The summed E-state index contributed by atoms with van der Waals surface area (Å²) in [4.78, 5) is 5.24. The molecule has 9 aromatic rings. The molecule has 0 radical (unpaired) electrons. The van der Waals surface area contributed by atoms with Crippen molar-refractivity contribution in [2.45, 2.75) is 18.8 Å².